The van der Waals surface area contributed by atoms with Crippen LogP contribution in [0.1, 0.15) is 23.3 Å². The highest BCUT2D eigenvalue weighted by Gasteiger charge is 2.31. The first kappa shape index (κ1) is 17.8. The summed E-state index contributed by atoms with van der Waals surface area (Å²) in [6.07, 6.45) is 1.35. The molecule has 0 radical (unpaired) electrons. The quantitative estimate of drug-likeness (QED) is 0.712. The molecule has 1 atom stereocenters. The Morgan fingerprint density at radius 1 is 1.40 bits per heavy atom. The molecule has 1 N–H and O–H groups in total. The van der Waals surface area contributed by atoms with Crippen molar-refractivity contribution >= 4 is 35.0 Å². The molecule has 0 saturated carbocycles. The Balaban J connectivity index is 1.49. The number of benzene rings is 1. The van der Waals surface area contributed by atoms with Gasteiger partial charge in [-0.2, -0.15) is 0 Å². The molecule has 0 aliphatic carbocycles. The number of amides is 1. The lowest BCUT2D eigenvalue weighted by Gasteiger charge is -2.24. The highest BCUT2D eigenvalue weighted by Crippen LogP contribution is 2.25. The predicted octanol–water partition coefficient (Wildman–Crippen LogP) is 3.00. The molecule has 0 spiro atoms. The first-order valence-corrected chi connectivity index (χ1v) is 9.79. The number of carbonyl (C=O) groups excluding carboxylic acids is 1. The van der Waals surface area contributed by atoms with E-state index >= 15 is 0 Å². The Hall–Kier alpha value is -2.06. The molecule has 8 heteroatoms. The van der Waals surface area contributed by atoms with Crippen LogP contribution in [0.2, 0.25) is 0 Å². The van der Waals surface area contributed by atoms with Gasteiger partial charge in [0.05, 0.1) is 6.04 Å². The van der Waals surface area contributed by atoms with Crippen molar-refractivity contribution in [3.63, 3.8) is 0 Å². The van der Waals surface area contributed by atoms with Crippen LogP contribution in [0, 0.1) is 0 Å². The number of thioether (sulfide) groups is 1. The molecule has 6 nitrogen and oxygen atoms in total. The van der Waals surface area contributed by atoms with Crippen LogP contribution >= 0.6 is 23.1 Å². The van der Waals surface area contributed by atoms with Gasteiger partial charge < -0.3 is 14.7 Å². The monoisotopic (exact) mass is 378 g/mol. The average molecular weight is 378 g/mol. The predicted molar refractivity (Wildman–Crippen MR) is 96.5 cm³/mol. The number of nitrogens with zero attached hydrogens (tertiary/aromatic N) is 2. The summed E-state index contributed by atoms with van der Waals surface area (Å²) in [7, 11) is 0. The molecule has 1 aromatic carbocycles. The summed E-state index contributed by atoms with van der Waals surface area (Å²) >= 11 is 2.79. The lowest BCUT2D eigenvalue weighted by atomic mass is 10.2. The van der Waals surface area contributed by atoms with Crippen molar-refractivity contribution < 1.29 is 19.4 Å². The van der Waals surface area contributed by atoms with E-state index < -0.39 is 5.97 Å². The van der Waals surface area contributed by atoms with Gasteiger partial charge in [0.15, 0.2) is 10.0 Å². The fourth-order valence-corrected chi connectivity index (χ4v) is 4.45. The Bertz CT molecular complexity index is 735. The zero-order chi connectivity index (χ0) is 17.6. The van der Waals surface area contributed by atoms with Crippen LogP contribution in [0.3, 0.4) is 0 Å². The summed E-state index contributed by atoms with van der Waals surface area (Å²) in [6, 6.07) is 9.66. The first-order chi connectivity index (χ1) is 12.1. The lowest BCUT2D eigenvalue weighted by molar-refractivity contribution is -0.129. The molecule has 1 aliphatic rings. The summed E-state index contributed by atoms with van der Waals surface area (Å²) < 4.78 is 6.50. The third kappa shape index (κ3) is 4.73. The van der Waals surface area contributed by atoms with Gasteiger partial charge in [-0.3, -0.25) is 4.79 Å². The van der Waals surface area contributed by atoms with Gasteiger partial charge >= 0.3 is 5.97 Å². The molecule has 0 bridgehead atoms. The summed E-state index contributed by atoms with van der Waals surface area (Å²) in [4.78, 5) is 28.8. The van der Waals surface area contributed by atoms with Crippen molar-refractivity contribution in [3.05, 3.63) is 41.4 Å². The van der Waals surface area contributed by atoms with Crippen LogP contribution < -0.4 is 4.74 Å². The van der Waals surface area contributed by atoms with Crippen LogP contribution in [0.15, 0.2) is 40.1 Å². The second-order valence-corrected chi connectivity index (χ2v) is 7.76. The number of likely N-dealkylation sites (tertiary alicyclic amines) is 1. The Morgan fingerprint density at radius 2 is 2.20 bits per heavy atom. The number of hydrogen-bond donors (Lipinski definition) is 1. The number of aromatic nitrogens is 1. The normalized spacial score (nSPS) is 17.0. The topological polar surface area (TPSA) is 79.7 Å². The van der Waals surface area contributed by atoms with Crippen LogP contribution in [0.5, 0.6) is 5.75 Å². The Labute approximate surface area is 153 Å². The highest BCUT2D eigenvalue weighted by atomic mass is 32.2. The van der Waals surface area contributed by atoms with E-state index in [4.69, 9.17) is 9.84 Å². The van der Waals surface area contributed by atoms with Crippen LogP contribution in [-0.4, -0.2) is 51.8 Å². The molecule has 1 aromatic heterocycles. The van der Waals surface area contributed by atoms with Gasteiger partial charge in [0.2, 0.25) is 5.91 Å². The molecule has 1 fully saturated rings. The van der Waals surface area contributed by atoms with E-state index in [2.05, 4.69) is 4.98 Å². The van der Waals surface area contributed by atoms with Gasteiger partial charge in [-0.25, -0.2) is 9.78 Å². The van der Waals surface area contributed by atoms with Crippen LogP contribution in [-0.2, 0) is 4.79 Å². The fraction of sp³-hybridized carbons (Fsp3) is 0.353. The second-order valence-electron chi connectivity index (χ2n) is 5.56. The summed E-state index contributed by atoms with van der Waals surface area (Å²) in [5.74, 6) is 0.615. The van der Waals surface area contributed by atoms with Crippen molar-refractivity contribution in [1.82, 2.24) is 9.88 Å². The summed E-state index contributed by atoms with van der Waals surface area (Å²) in [6.45, 7) is 1.09. The summed E-state index contributed by atoms with van der Waals surface area (Å²) in [5.41, 5.74) is 0.0684. The van der Waals surface area contributed by atoms with Gasteiger partial charge in [0.25, 0.3) is 0 Å². The molecule has 132 valence electrons. The minimum atomic E-state index is -1.02. The number of para-hydroxylation sites is 1. The number of hydrogen-bond acceptors (Lipinski definition) is 6. The van der Waals surface area contributed by atoms with Gasteiger partial charge in [-0.05, 0) is 18.6 Å². The van der Waals surface area contributed by atoms with E-state index in [0.29, 0.717) is 29.7 Å². The lowest BCUT2D eigenvalue weighted by Crippen LogP contribution is -2.38. The number of aromatic carboxylic acids is 1. The highest BCUT2D eigenvalue weighted by molar-refractivity contribution is 8.01. The van der Waals surface area contributed by atoms with Crippen molar-refractivity contribution in [3.8, 4) is 5.75 Å². The smallest absolute Gasteiger partial charge is 0.355 e. The molecular weight excluding hydrogens is 360 g/mol. The second kappa shape index (κ2) is 8.35. The van der Waals surface area contributed by atoms with Gasteiger partial charge in [0.1, 0.15) is 12.4 Å². The summed E-state index contributed by atoms with van der Waals surface area (Å²) in [5, 5.41) is 10.4. The Kier molecular flexibility index (Phi) is 5.93. The largest absolute Gasteiger partial charge is 0.491 e. The fourth-order valence-electron chi connectivity index (χ4n) is 2.64. The average Bonchev–Trinajstić information content (AvgIpc) is 3.22. The van der Waals surface area contributed by atoms with Crippen LogP contribution in [0.4, 0.5) is 0 Å². The van der Waals surface area contributed by atoms with Crippen molar-refractivity contribution in [2.24, 2.45) is 0 Å². The van der Waals surface area contributed by atoms with E-state index in [1.807, 2.05) is 35.2 Å². The molecule has 3 rings (SSSR count). The van der Waals surface area contributed by atoms with E-state index in [0.717, 1.165) is 12.2 Å². The number of thiazole rings is 1. The van der Waals surface area contributed by atoms with Crippen molar-refractivity contribution in [1.29, 1.82) is 0 Å². The molecule has 1 aliphatic heterocycles. The minimum Gasteiger partial charge on any atom is -0.491 e. The van der Waals surface area contributed by atoms with E-state index in [1.165, 1.54) is 28.5 Å². The number of carboxylic acid groups (broad SMARTS) is 1. The molecule has 2 aromatic rings. The first-order valence-electron chi connectivity index (χ1n) is 7.92. The van der Waals surface area contributed by atoms with E-state index in [1.54, 1.807) is 0 Å². The number of rotatable bonds is 8. The maximum atomic E-state index is 12.1. The Morgan fingerprint density at radius 3 is 2.92 bits per heavy atom. The van der Waals surface area contributed by atoms with Gasteiger partial charge in [-0.15, -0.1) is 11.3 Å². The molecule has 0 unspecified atom stereocenters. The molecular formula is C17H18N2O4S2. The van der Waals surface area contributed by atoms with Gasteiger partial charge in [-0.1, -0.05) is 30.0 Å². The third-order valence-electron chi connectivity index (χ3n) is 3.90. The molecule has 1 amide bonds. The van der Waals surface area contributed by atoms with Crippen LogP contribution in [0.25, 0.3) is 0 Å². The maximum Gasteiger partial charge on any atom is 0.355 e. The maximum absolute atomic E-state index is 12.1. The van der Waals surface area contributed by atoms with E-state index in [9.17, 15) is 9.59 Å². The third-order valence-corrected chi connectivity index (χ3v) is 5.90. The van der Waals surface area contributed by atoms with Crippen molar-refractivity contribution in [2.75, 3.05) is 18.9 Å². The number of carboxylic acids is 1. The zero-order valence-electron chi connectivity index (χ0n) is 13.5. The molecule has 2 heterocycles. The van der Waals surface area contributed by atoms with Gasteiger partial charge in [0, 0.05) is 24.1 Å². The SMILES string of the molecule is O=C(O)c1csc(SCCN2C(=O)CC[C@@H]2COc2ccccc2)n1. The minimum absolute atomic E-state index is 0.0684. The van der Waals surface area contributed by atoms with E-state index in [-0.39, 0.29) is 17.6 Å². The molecule has 1 saturated heterocycles. The van der Waals surface area contributed by atoms with Crippen molar-refractivity contribution in [2.45, 2.75) is 23.2 Å². The molecule has 25 heavy (non-hydrogen) atoms. The number of carbonyl (C=O) groups is 2. The standard InChI is InChI=1S/C17H18N2O4S2/c20-15-7-6-12(10-23-13-4-2-1-3-5-13)19(15)8-9-24-17-18-14(11-25-17)16(21)22/h1-5,11-12H,6-10H2,(H,21,22)/t12-/m1/s1. The number of ether oxygens (including phenoxy) is 1. The zero-order valence-corrected chi connectivity index (χ0v) is 15.1.